The van der Waals surface area contributed by atoms with E-state index in [1.165, 1.54) is 12.1 Å². The van der Waals surface area contributed by atoms with Crippen LogP contribution in [0.4, 0.5) is 0 Å². The third-order valence-electron chi connectivity index (χ3n) is 1.45. The predicted octanol–water partition coefficient (Wildman–Crippen LogP) is 2.11. The van der Waals surface area contributed by atoms with Crippen molar-refractivity contribution in [3.8, 4) is 11.5 Å². The maximum Gasteiger partial charge on any atom is 0.161 e. The summed E-state index contributed by atoms with van der Waals surface area (Å²) >= 11 is 0. The molecule has 0 aliphatic rings. The Hall–Kier alpha value is -1.44. The normalized spacial score (nSPS) is 9.42. The van der Waals surface area contributed by atoms with Gasteiger partial charge in [-0.25, -0.2) is 0 Å². The molecule has 0 amide bonds. The molecule has 0 aliphatic carbocycles. The van der Waals surface area contributed by atoms with Crippen molar-refractivity contribution in [3.63, 3.8) is 0 Å². The largest absolute Gasteiger partial charge is 0.504 e. The van der Waals surface area contributed by atoms with E-state index in [-0.39, 0.29) is 5.75 Å². The van der Waals surface area contributed by atoms with Crippen molar-refractivity contribution in [2.45, 2.75) is 6.92 Å². The fourth-order valence-electron chi connectivity index (χ4n) is 0.892. The first-order valence-electron chi connectivity index (χ1n) is 3.74. The quantitative estimate of drug-likeness (QED) is 0.737. The minimum absolute atomic E-state index is 0.113. The van der Waals surface area contributed by atoms with E-state index in [0.29, 0.717) is 12.4 Å². The lowest BCUT2D eigenvalue weighted by atomic mass is 10.2. The zero-order valence-electron chi connectivity index (χ0n) is 6.87. The number of phenolic OH excluding ortho intramolecular Hbond substituents is 1. The molecule has 0 saturated heterocycles. The second-order valence-corrected chi connectivity index (χ2v) is 2.30. The molecule has 0 fully saturated rings. The van der Waals surface area contributed by atoms with Crippen LogP contribution in [0.3, 0.4) is 0 Å². The molecule has 1 aromatic rings. The molecule has 2 heteroatoms. The average Bonchev–Trinajstić information content (AvgIpc) is 2.09. The van der Waals surface area contributed by atoms with Crippen LogP contribution in [0.15, 0.2) is 18.2 Å². The molecule has 0 aromatic heterocycles. The van der Waals surface area contributed by atoms with Crippen LogP contribution in [0.5, 0.6) is 11.5 Å². The Labute approximate surface area is 72.1 Å². The Morgan fingerprint density at radius 2 is 2.33 bits per heavy atom. The summed E-state index contributed by atoms with van der Waals surface area (Å²) in [6, 6.07) is 4.81. The Bertz CT molecular complexity index is 279. The van der Waals surface area contributed by atoms with Gasteiger partial charge in [-0.3, -0.25) is 0 Å². The minimum Gasteiger partial charge on any atom is -0.504 e. The predicted molar refractivity (Wildman–Crippen MR) is 47.0 cm³/mol. The van der Waals surface area contributed by atoms with E-state index >= 15 is 0 Å². The molecule has 62 valence electrons. The van der Waals surface area contributed by atoms with Gasteiger partial charge in [0, 0.05) is 0 Å². The van der Waals surface area contributed by atoms with Gasteiger partial charge in [-0.2, -0.15) is 0 Å². The van der Waals surface area contributed by atoms with Gasteiger partial charge in [0.1, 0.15) is 0 Å². The van der Waals surface area contributed by atoms with Crippen LogP contribution in [-0.4, -0.2) is 11.7 Å². The summed E-state index contributed by atoms with van der Waals surface area (Å²) in [6.45, 7) is 9.33. The van der Waals surface area contributed by atoms with Gasteiger partial charge in [-0.1, -0.05) is 6.07 Å². The molecule has 1 rings (SSSR count). The first kappa shape index (κ1) is 8.65. The molecule has 12 heavy (non-hydrogen) atoms. The second-order valence-electron chi connectivity index (χ2n) is 2.30. The van der Waals surface area contributed by atoms with Crippen LogP contribution in [0.1, 0.15) is 12.5 Å². The smallest absolute Gasteiger partial charge is 0.161 e. The second kappa shape index (κ2) is 3.81. The minimum atomic E-state index is 0.113. The lowest BCUT2D eigenvalue weighted by molar-refractivity contribution is 0.318. The van der Waals surface area contributed by atoms with Crippen LogP contribution in [0.2, 0.25) is 0 Å². The van der Waals surface area contributed by atoms with E-state index in [1.807, 2.05) is 6.92 Å². The number of rotatable bonds is 3. The number of ether oxygens (including phenoxy) is 1. The number of phenols is 1. The van der Waals surface area contributed by atoms with E-state index in [2.05, 4.69) is 0 Å². The summed E-state index contributed by atoms with van der Waals surface area (Å²) in [6.07, 6.45) is 1.21. The standard InChI is InChI=1S/C10H10O2/c1-3-8-5-6-9(11)10(7-8)12-4-2/h3,5-7,11H,4H2,2H3. The Morgan fingerprint density at radius 1 is 1.58 bits per heavy atom. The van der Waals surface area contributed by atoms with Gasteiger partial charge in [0.05, 0.1) is 6.61 Å². The molecular weight excluding hydrogens is 152 g/mol. The first-order valence-corrected chi connectivity index (χ1v) is 3.74. The lowest BCUT2D eigenvalue weighted by Crippen LogP contribution is -1.91. The highest BCUT2D eigenvalue weighted by Gasteiger charge is 2.00. The van der Waals surface area contributed by atoms with E-state index in [4.69, 9.17) is 11.3 Å². The molecular formula is C10H10O2. The van der Waals surface area contributed by atoms with Gasteiger partial charge in [-0.15, -0.1) is 0 Å². The average molecular weight is 162 g/mol. The summed E-state index contributed by atoms with van der Waals surface area (Å²) in [5.41, 5.74) is 0.719. The van der Waals surface area contributed by atoms with Gasteiger partial charge in [-0.05, 0) is 37.3 Å². The lowest BCUT2D eigenvalue weighted by Gasteiger charge is -2.05. The van der Waals surface area contributed by atoms with Crippen molar-refractivity contribution < 1.29 is 9.84 Å². The van der Waals surface area contributed by atoms with E-state index < -0.39 is 0 Å². The van der Waals surface area contributed by atoms with Gasteiger partial charge in [0.2, 0.25) is 0 Å². The fraction of sp³-hybridized carbons (Fsp3) is 0.200. The molecule has 1 aromatic carbocycles. The summed E-state index contributed by atoms with van der Waals surface area (Å²) in [5.74, 6) is 0.543. The zero-order chi connectivity index (χ0) is 8.97. The monoisotopic (exact) mass is 162 g/mol. The van der Waals surface area contributed by atoms with Crippen LogP contribution >= 0.6 is 0 Å². The molecule has 0 spiro atoms. The molecule has 0 saturated carbocycles. The van der Waals surface area contributed by atoms with Crippen molar-refractivity contribution >= 4 is 6.08 Å². The Balaban J connectivity index is 2.99. The Morgan fingerprint density at radius 3 is 2.92 bits per heavy atom. The molecule has 0 bridgehead atoms. The van der Waals surface area contributed by atoms with Crippen molar-refractivity contribution in [2.75, 3.05) is 6.61 Å². The van der Waals surface area contributed by atoms with Crippen LogP contribution in [0, 0.1) is 6.58 Å². The van der Waals surface area contributed by atoms with Crippen molar-refractivity contribution in [1.82, 2.24) is 0 Å². The fourth-order valence-corrected chi connectivity index (χ4v) is 0.892. The van der Waals surface area contributed by atoms with Crippen molar-refractivity contribution in [2.24, 2.45) is 0 Å². The Kier molecular flexibility index (Phi) is 2.75. The third kappa shape index (κ3) is 1.78. The number of hydrogen-bond donors (Lipinski definition) is 1. The number of hydrogen-bond acceptors (Lipinski definition) is 2. The van der Waals surface area contributed by atoms with Crippen LogP contribution in [0.25, 0.3) is 6.08 Å². The number of aromatic hydroxyl groups is 1. The first-order chi connectivity index (χ1) is 5.77. The molecule has 0 unspecified atom stereocenters. The maximum absolute atomic E-state index is 9.26. The summed E-state index contributed by atoms with van der Waals surface area (Å²) < 4.78 is 5.13. The van der Waals surface area contributed by atoms with E-state index in [9.17, 15) is 5.11 Å². The highest BCUT2D eigenvalue weighted by Crippen LogP contribution is 2.26. The summed E-state index contributed by atoms with van der Waals surface area (Å²) in [7, 11) is 0. The topological polar surface area (TPSA) is 29.5 Å². The molecule has 0 aliphatic heterocycles. The molecule has 0 heterocycles. The van der Waals surface area contributed by atoms with E-state index in [0.717, 1.165) is 5.56 Å². The van der Waals surface area contributed by atoms with Gasteiger partial charge in [0.25, 0.3) is 0 Å². The zero-order valence-corrected chi connectivity index (χ0v) is 6.87. The van der Waals surface area contributed by atoms with E-state index in [1.54, 1.807) is 12.1 Å². The molecule has 2 radical (unpaired) electrons. The summed E-state index contributed by atoms with van der Waals surface area (Å²) in [4.78, 5) is 0. The van der Waals surface area contributed by atoms with Gasteiger partial charge in [0.15, 0.2) is 11.5 Å². The molecule has 1 N–H and O–H groups in total. The van der Waals surface area contributed by atoms with Crippen LogP contribution < -0.4 is 4.74 Å². The van der Waals surface area contributed by atoms with Crippen LogP contribution in [-0.2, 0) is 0 Å². The van der Waals surface area contributed by atoms with Crippen molar-refractivity contribution in [1.29, 1.82) is 0 Å². The highest BCUT2D eigenvalue weighted by molar-refractivity contribution is 5.53. The molecule has 2 nitrogen and oxygen atoms in total. The van der Waals surface area contributed by atoms with Crippen molar-refractivity contribution in [3.05, 3.63) is 30.3 Å². The summed E-state index contributed by atoms with van der Waals surface area (Å²) in [5, 5.41) is 9.26. The highest BCUT2D eigenvalue weighted by atomic mass is 16.5. The molecule has 0 atom stereocenters. The van der Waals surface area contributed by atoms with Gasteiger partial charge >= 0.3 is 0 Å². The SMILES string of the molecule is [C]=Cc1ccc(O)c(OCC)c1. The third-order valence-corrected chi connectivity index (χ3v) is 1.45. The number of benzene rings is 1. The van der Waals surface area contributed by atoms with Gasteiger partial charge < -0.3 is 9.84 Å². The maximum atomic E-state index is 9.26.